The van der Waals surface area contributed by atoms with Gasteiger partial charge >= 0.3 is 0 Å². The van der Waals surface area contributed by atoms with E-state index in [1.54, 1.807) is 4.90 Å². The van der Waals surface area contributed by atoms with Crippen LogP contribution in [0.15, 0.2) is 127 Å². The van der Waals surface area contributed by atoms with Gasteiger partial charge in [-0.3, -0.25) is 14.5 Å². The number of benzene rings is 5. The van der Waals surface area contributed by atoms with Crippen molar-refractivity contribution in [2.24, 2.45) is 0 Å². The Kier molecular flexibility index (Phi) is 7.18. The molecule has 6 aromatic rings. The molecule has 1 aliphatic heterocycles. The van der Waals surface area contributed by atoms with Crippen molar-refractivity contribution in [3.8, 4) is 5.69 Å². The van der Waals surface area contributed by atoms with Crippen molar-refractivity contribution in [2.45, 2.75) is 38.1 Å². The average molecular weight is 599 g/mol. The van der Waals surface area contributed by atoms with E-state index in [9.17, 15) is 9.59 Å². The monoisotopic (exact) mass is 598 g/mol. The summed E-state index contributed by atoms with van der Waals surface area (Å²) in [4.78, 5) is 30.2. The number of hydrogen-bond donors (Lipinski definition) is 0. The molecule has 0 unspecified atom stereocenters. The molecule has 1 saturated carbocycles. The molecule has 2 heterocycles. The number of carbonyl (C=O) groups is 2. The van der Waals surface area contributed by atoms with Crippen LogP contribution in [-0.2, 0) is 9.59 Å². The van der Waals surface area contributed by atoms with Gasteiger partial charge in [0.15, 0.2) is 0 Å². The average Bonchev–Trinajstić information content (AvgIpc) is 3.58. The first-order chi connectivity index (χ1) is 22.7. The van der Waals surface area contributed by atoms with E-state index in [2.05, 4.69) is 77.4 Å². The van der Waals surface area contributed by atoms with Gasteiger partial charge in [0.25, 0.3) is 11.8 Å². The first-order valence-electron chi connectivity index (χ1n) is 16.2. The third-order valence-electron chi connectivity index (χ3n) is 9.50. The van der Waals surface area contributed by atoms with Crippen molar-refractivity contribution >= 4 is 56.9 Å². The number of fused-ring (bicyclic) bond motifs is 3. The van der Waals surface area contributed by atoms with Crippen LogP contribution in [0.2, 0.25) is 0 Å². The number of nitrogens with zero attached hydrogens (tertiary/aromatic N) is 2. The zero-order chi connectivity index (χ0) is 31.0. The van der Waals surface area contributed by atoms with Crippen molar-refractivity contribution < 1.29 is 9.59 Å². The molecule has 0 atom stereocenters. The smallest absolute Gasteiger partial charge is 0.262 e. The minimum atomic E-state index is -0.175. The minimum Gasteiger partial charge on any atom is -0.309 e. The van der Waals surface area contributed by atoms with Crippen LogP contribution in [0, 0.1) is 0 Å². The second-order valence-electron chi connectivity index (χ2n) is 12.3. The maximum Gasteiger partial charge on any atom is 0.262 e. The number of para-hydroxylation sites is 2. The number of hydrogen-bond acceptors (Lipinski definition) is 2. The van der Waals surface area contributed by atoms with Crippen LogP contribution in [0.5, 0.6) is 0 Å². The molecule has 8 rings (SSSR count). The summed E-state index contributed by atoms with van der Waals surface area (Å²) in [5.74, 6) is -0.350. The zero-order valence-corrected chi connectivity index (χ0v) is 25.6. The summed E-state index contributed by atoms with van der Waals surface area (Å²) in [6, 6.07) is 43.1. The highest BCUT2D eigenvalue weighted by atomic mass is 16.2. The number of aromatic nitrogens is 1. The Morgan fingerprint density at radius 2 is 1.09 bits per heavy atom. The van der Waals surface area contributed by atoms with E-state index in [0.29, 0.717) is 11.1 Å². The van der Waals surface area contributed by atoms with E-state index in [4.69, 9.17) is 0 Å². The molecular formula is C42H34N2O2. The summed E-state index contributed by atoms with van der Waals surface area (Å²) in [5.41, 5.74) is 7.96. The van der Waals surface area contributed by atoms with Gasteiger partial charge in [-0.2, -0.15) is 0 Å². The Morgan fingerprint density at radius 1 is 0.522 bits per heavy atom. The molecule has 1 fully saturated rings. The molecule has 46 heavy (non-hydrogen) atoms. The SMILES string of the molecule is O=C1C(c2ccc(C=Cc3ccccc3)cc2)=C(c2ccc3c(c2)c2ccccc2n3-c2ccccc2)C(=O)N1C1CCCCC1. The third-order valence-corrected chi connectivity index (χ3v) is 9.50. The van der Waals surface area contributed by atoms with Gasteiger partial charge in [0.05, 0.1) is 22.2 Å². The lowest BCUT2D eigenvalue weighted by Crippen LogP contribution is -2.42. The van der Waals surface area contributed by atoms with Gasteiger partial charge in [-0.15, -0.1) is 0 Å². The van der Waals surface area contributed by atoms with E-state index < -0.39 is 0 Å². The zero-order valence-electron chi connectivity index (χ0n) is 25.6. The maximum absolute atomic E-state index is 14.4. The van der Waals surface area contributed by atoms with E-state index in [-0.39, 0.29) is 17.9 Å². The Morgan fingerprint density at radius 3 is 1.80 bits per heavy atom. The van der Waals surface area contributed by atoms with Crippen molar-refractivity contribution in [3.63, 3.8) is 0 Å². The van der Waals surface area contributed by atoms with Crippen LogP contribution in [0.4, 0.5) is 0 Å². The summed E-state index contributed by atoms with van der Waals surface area (Å²) in [5, 5.41) is 2.17. The number of carbonyl (C=O) groups excluding carboxylic acids is 2. The molecule has 5 aromatic carbocycles. The molecule has 0 spiro atoms. The highest BCUT2D eigenvalue weighted by Gasteiger charge is 2.43. The van der Waals surface area contributed by atoms with E-state index in [0.717, 1.165) is 81.9 Å². The number of rotatable bonds is 6. The Hall–Kier alpha value is -5.48. The second kappa shape index (κ2) is 11.8. The number of imide groups is 1. The van der Waals surface area contributed by atoms with Crippen molar-refractivity contribution in [2.75, 3.05) is 0 Å². The Bertz CT molecular complexity index is 2150. The normalized spacial score (nSPS) is 16.0. The van der Waals surface area contributed by atoms with Gasteiger partial charge in [0.1, 0.15) is 0 Å². The Labute approximate surface area is 268 Å². The largest absolute Gasteiger partial charge is 0.309 e. The van der Waals surface area contributed by atoms with Crippen molar-refractivity contribution in [1.29, 1.82) is 0 Å². The highest BCUT2D eigenvalue weighted by molar-refractivity contribution is 6.49. The molecule has 0 saturated heterocycles. The molecule has 1 aliphatic carbocycles. The molecule has 0 N–H and O–H groups in total. The highest BCUT2D eigenvalue weighted by Crippen LogP contribution is 2.41. The molecule has 4 heteroatoms. The molecule has 0 bridgehead atoms. The van der Waals surface area contributed by atoms with Gasteiger partial charge in [-0.1, -0.05) is 128 Å². The van der Waals surface area contributed by atoms with E-state index in [1.807, 2.05) is 66.7 Å². The summed E-state index contributed by atoms with van der Waals surface area (Å²) < 4.78 is 2.27. The fraction of sp³-hybridized carbons (Fsp3) is 0.143. The van der Waals surface area contributed by atoms with Gasteiger partial charge in [-0.25, -0.2) is 0 Å². The topological polar surface area (TPSA) is 42.3 Å². The molecule has 224 valence electrons. The Balaban J connectivity index is 1.26. The quantitative estimate of drug-likeness (QED) is 0.142. The minimum absolute atomic E-state index is 0.0574. The standard InChI is InChI=1S/C42H34N2O2/c45-41-39(31-24-22-30(23-25-31)21-20-29-12-4-1-5-13-29)40(42(46)44(41)34-16-8-3-9-17-34)32-26-27-38-36(28-32)35-18-10-11-19-37(35)43(38)33-14-6-2-7-15-33/h1-2,4-7,10-15,18-28,34H,3,8-9,16-17H2. The van der Waals surface area contributed by atoms with Gasteiger partial charge in [-0.05, 0) is 65.4 Å². The first-order valence-corrected chi connectivity index (χ1v) is 16.2. The lowest BCUT2D eigenvalue weighted by Gasteiger charge is -2.30. The van der Waals surface area contributed by atoms with E-state index in [1.165, 1.54) is 0 Å². The molecule has 0 radical (unpaired) electrons. The maximum atomic E-state index is 14.4. The van der Waals surface area contributed by atoms with Crippen LogP contribution in [0.1, 0.15) is 54.4 Å². The van der Waals surface area contributed by atoms with Crippen molar-refractivity contribution in [3.05, 3.63) is 150 Å². The van der Waals surface area contributed by atoms with Crippen molar-refractivity contribution in [1.82, 2.24) is 9.47 Å². The predicted octanol–water partition coefficient (Wildman–Crippen LogP) is 9.57. The molecule has 2 aliphatic rings. The van der Waals surface area contributed by atoms with Crippen LogP contribution in [-0.4, -0.2) is 27.3 Å². The summed E-state index contributed by atoms with van der Waals surface area (Å²) >= 11 is 0. The summed E-state index contributed by atoms with van der Waals surface area (Å²) in [6.07, 6.45) is 9.12. The number of amides is 2. The molecule has 2 amide bonds. The van der Waals surface area contributed by atoms with Crippen LogP contribution in [0.3, 0.4) is 0 Å². The van der Waals surface area contributed by atoms with Crippen LogP contribution in [0.25, 0.3) is 50.8 Å². The predicted molar refractivity (Wildman–Crippen MR) is 188 cm³/mol. The molecular weight excluding hydrogens is 564 g/mol. The fourth-order valence-corrected chi connectivity index (χ4v) is 7.25. The van der Waals surface area contributed by atoms with Gasteiger partial charge < -0.3 is 4.57 Å². The lowest BCUT2D eigenvalue weighted by atomic mass is 9.94. The lowest BCUT2D eigenvalue weighted by molar-refractivity contribution is -0.139. The van der Waals surface area contributed by atoms with Gasteiger partial charge in [0.2, 0.25) is 0 Å². The molecule has 1 aromatic heterocycles. The third kappa shape index (κ3) is 4.87. The summed E-state index contributed by atoms with van der Waals surface area (Å²) in [6.45, 7) is 0. The fourth-order valence-electron chi connectivity index (χ4n) is 7.25. The summed E-state index contributed by atoms with van der Waals surface area (Å²) in [7, 11) is 0. The second-order valence-corrected chi connectivity index (χ2v) is 12.3. The van der Waals surface area contributed by atoms with Crippen LogP contribution >= 0.6 is 0 Å². The van der Waals surface area contributed by atoms with E-state index >= 15 is 0 Å². The molecule has 4 nitrogen and oxygen atoms in total. The van der Waals surface area contributed by atoms with Crippen LogP contribution < -0.4 is 0 Å². The van der Waals surface area contributed by atoms with Gasteiger partial charge in [0, 0.05) is 22.5 Å². The first kappa shape index (κ1) is 28.0.